The van der Waals surface area contributed by atoms with Crippen LogP contribution in [-0.2, 0) is 24.4 Å². The van der Waals surface area contributed by atoms with Crippen molar-refractivity contribution in [2.45, 2.75) is 19.6 Å². The summed E-state index contributed by atoms with van der Waals surface area (Å²) in [6.07, 6.45) is 2.35. The predicted octanol–water partition coefficient (Wildman–Crippen LogP) is 4.22. The summed E-state index contributed by atoms with van der Waals surface area (Å²) in [7, 11) is 3.21. The molecule has 0 bridgehead atoms. The Morgan fingerprint density at radius 1 is 1.09 bits per heavy atom. The number of furan rings is 1. The van der Waals surface area contributed by atoms with Crippen LogP contribution in [0.2, 0.25) is 0 Å². The highest BCUT2D eigenvalue weighted by molar-refractivity contribution is 5.85. The molecule has 172 valence electrons. The van der Waals surface area contributed by atoms with Crippen LogP contribution in [0.4, 0.5) is 4.39 Å². The molecule has 3 aromatic rings. The molecular weight excluding hydrogens is 435 g/mol. The summed E-state index contributed by atoms with van der Waals surface area (Å²) in [4.78, 5) is 13.9. The molecule has 1 aromatic heterocycles. The molecule has 1 amide bonds. The second kappa shape index (κ2) is 12.7. The number of rotatable bonds is 11. The van der Waals surface area contributed by atoms with E-state index in [2.05, 4.69) is 5.32 Å². The van der Waals surface area contributed by atoms with Gasteiger partial charge < -0.3 is 19.2 Å². The van der Waals surface area contributed by atoms with Gasteiger partial charge in [-0.25, -0.2) is 4.39 Å². The average Bonchev–Trinajstić information content (AvgIpc) is 3.29. The fraction of sp³-hybridized carbons (Fsp3) is 0.292. The Balaban J connectivity index is 0.00000363. The van der Waals surface area contributed by atoms with Crippen molar-refractivity contribution in [3.8, 4) is 11.5 Å². The Morgan fingerprint density at radius 2 is 1.94 bits per heavy atom. The minimum atomic E-state index is -0.292. The Hall–Kier alpha value is -3.03. The van der Waals surface area contributed by atoms with Crippen molar-refractivity contribution in [1.29, 1.82) is 0 Å². The lowest BCUT2D eigenvalue weighted by Crippen LogP contribution is -2.36. The molecule has 0 radical (unpaired) electrons. The number of carbonyl (C=O) groups is 1. The minimum absolute atomic E-state index is 0. The number of nitrogens with one attached hydrogen (secondary N) is 1. The third kappa shape index (κ3) is 7.59. The van der Waals surface area contributed by atoms with E-state index in [1.54, 1.807) is 26.5 Å². The molecule has 32 heavy (non-hydrogen) atoms. The molecule has 0 aliphatic carbocycles. The largest absolute Gasteiger partial charge is 0.493 e. The van der Waals surface area contributed by atoms with Gasteiger partial charge >= 0.3 is 0 Å². The van der Waals surface area contributed by atoms with Gasteiger partial charge in [0, 0.05) is 13.6 Å². The van der Waals surface area contributed by atoms with Crippen LogP contribution in [0.25, 0.3) is 0 Å². The van der Waals surface area contributed by atoms with Gasteiger partial charge in [-0.15, -0.1) is 12.4 Å². The van der Waals surface area contributed by atoms with Gasteiger partial charge in [-0.1, -0.05) is 18.2 Å². The molecular formula is C24H28ClFN2O4. The van der Waals surface area contributed by atoms with E-state index >= 15 is 0 Å². The number of methoxy groups -OCH3 is 1. The van der Waals surface area contributed by atoms with Crippen LogP contribution in [0.1, 0.15) is 16.9 Å². The van der Waals surface area contributed by atoms with Crippen molar-refractivity contribution in [1.82, 2.24) is 10.2 Å². The maximum absolute atomic E-state index is 13.3. The minimum Gasteiger partial charge on any atom is -0.493 e. The highest BCUT2D eigenvalue weighted by atomic mass is 35.5. The van der Waals surface area contributed by atoms with E-state index in [0.29, 0.717) is 24.6 Å². The Bertz CT molecular complexity index is 982. The van der Waals surface area contributed by atoms with E-state index in [1.807, 2.05) is 41.3 Å². The van der Waals surface area contributed by atoms with Gasteiger partial charge in [0.1, 0.15) is 18.2 Å². The van der Waals surface area contributed by atoms with E-state index in [-0.39, 0.29) is 37.3 Å². The second-order valence-corrected chi connectivity index (χ2v) is 7.12. The number of likely N-dealkylation sites (N-methyl/N-ethyl adjacent to an activating group) is 1. The third-order valence-electron chi connectivity index (χ3n) is 4.83. The smallest absolute Gasteiger partial charge is 0.233 e. The Labute approximate surface area is 193 Å². The predicted molar refractivity (Wildman–Crippen MR) is 123 cm³/mol. The molecule has 0 fully saturated rings. The fourth-order valence-electron chi connectivity index (χ4n) is 3.18. The zero-order chi connectivity index (χ0) is 22.1. The molecule has 1 heterocycles. The van der Waals surface area contributed by atoms with E-state index in [9.17, 15) is 9.18 Å². The van der Waals surface area contributed by atoms with Gasteiger partial charge in [-0.05, 0) is 53.9 Å². The molecule has 0 aliphatic rings. The highest BCUT2D eigenvalue weighted by Crippen LogP contribution is 2.29. The number of halogens is 2. The molecule has 1 N–H and O–H groups in total. The second-order valence-electron chi connectivity index (χ2n) is 7.12. The summed E-state index contributed by atoms with van der Waals surface area (Å²) >= 11 is 0. The number of hydrogen-bond acceptors (Lipinski definition) is 5. The fourth-order valence-corrected chi connectivity index (χ4v) is 3.18. The molecule has 0 atom stereocenters. The van der Waals surface area contributed by atoms with Crippen molar-refractivity contribution in [2.24, 2.45) is 0 Å². The van der Waals surface area contributed by atoms with Gasteiger partial charge in [-0.3, -0.25) is 9.69 Å². The zero-order valence-corrected chi connectivity index (χ0v) is 19.0. The summed E-state index contributed by atoms with van der Waals surface area (Å²) in [5, 5.41) is 2.66. The molecule has 0 aliphatic heterocycles. The van der Waals surface area contributed by atoms with Gasteiger partial charge in [0.2, 0.25) is 5.91 Å². The normalized spacial score (nSPS) is 10.5. The van der Waals surface area contributed by atoms with Crippen molar-refractivity contribution < 1.29 is 23.1 Å². The van der Waals surface area contributed by atoms with E-state index in [4.69, 9.17) is 13.9 Å². The molecule has 0 spiro atoms. The summed E-state index contributed by atoms with van der Waals surface area (Å²) in [6.45, 7) is 1.74. The lowest BCUT2D eigenvalue weighted by molar-refractivity contribution is -0.121. The van der Waals surface area contributed by atoms with Crippen molar-refractivity contribution in [3.05, 3.63) is 83.6 Å². The van der Waals surface area contributed by atoms with Gasteiger partial charge in [0.15, 0.2) is 11.5 Å². The molecule has 2 aromatic carbocycles. The number of carbonyl (C=O) groups excluding carboxylic acids is 1. The van der Waals surface area contributed by atoms with Crippen LogP contribution in [0, 0.1) is 5.82 Å². The van der Waals surface area contributed by atoms with Crippen LogP contribution in [0.5, 0.6) is 11.5 Å². The number of nitrogens with zero attached hydrogens (tertiary/aromatic N) is 1. The monoisotopic (exact) mass is 462 g/mol. The first-order valence-corrected chi connectivity index (χ1v) is 10.1. The zero-order valence-electron chi connectivity index (χ0n) is 18.2. The van der Waals surface area contributed by atoms with Crippen molar-refractivity contribution >= 4 is 18.3 Å². The maximum atomic E-state index is 13.3. The van der Waals surface area contributed by atoms with Gasteiger partial charge in [0.25, 0.3) is 0 Å². The lowest BCUT2D eigenvalue weighted by Gasteiger charge is -2.20. The van der Waals surface area contributed by atoms with Crippen LogP contribution in [0.15, 0.2) is 65.3 Å². The Kier molecular flexibility index (Phi) is 10.0. The van der Waals surface area contributed by atoms with Crippen LogP contribution in [-0.4, -0.2) is 38.1 Å². The third-order valence-corrected chi connectivity index (χ3v) is 4.83. The summed E-state index contributed by atoms with van der Waals surface area (Å²) in [6, 6.07) is 15.8. The van der Waals surface area contributed by atoms with E-state index in [1.165, 1.54) is 12.1 Å². The van der Waals surface area contributed by atoms with Crippen LogP contribution >= 0.6 is 12.4 Å². The summed E-state index contributed by atoms with van der Waals surface area (Å²) in [5.41, 5.74) is 1.80. The van der Waals surface area contributed by atoms with Gasteiger partial charge in [0.05, 0.1) is 26.5 Å². The van der Waals surface area contributed by atoms with Crippen molar-refractivity contribution in [3.63, 3.8) is 0 Å². The Morgan fingerprint density at radius 3 is 2.62 bits per heavy atom. The SMILES string of the molecule is CNC(=O)CN(CCc1ccc(OCc2cccc(F)c2)c(OC)c1)Cc1ccco1.Cl. The van der Waals surface area contributed by atoms with Crippen LogP contribution < -0.4 is 14.8 Å². The standard InChI is InChI=1S/C24H27FN2O4.ClH/c1-26-24(28)16-27(15-21-7-4-12-30-21)11-10-18-8-9-22(23(14-18)29-2)31-17-19-5-3-6-20(25)13-19;/h3-9,12-14H,10-11,15-17H2,1-2H3,(H,26,28);1H. The maximum Gasteiger partial charge on any atom is 0.233 e. The molecule has 0 saturated heterocycles. The average molecular weight is 463 g/mol. The quantitative estimate of drug-likeness (QED) is 0.462. The summed E-state index contributed by atoms with van der Waals surface area (Å²) in [5.74, 6) is 1.66. The van der Waals surface area contributed by atoms with Gasteiger partial charge in [-0.2, -0.15) is 0 Å². The highest BCUT2D eigenvalue weighted by Gasteiger charge is 2.13. The van der Waals surface area contributed by atoms with E-state index < -0.39 is 0 Å². The topological polar surface area (TPSA) is 63.9 Å². The molecule has 3 rings (SSSR count). The van der Waals surface area contributed by atoms with Crippen LogP contribution in [0.3, 0.4) is 0 Å². The molecule has 0 saturated carbocycles. The molecule has 0 unspecified atom stereocenters. The first-order valence-electron chi connectivity index (χ1n) is 10.1. The number of amides is 1. The number of hydrogen-bond donors (Lipinski definition) is 1. The molecule has 6 nitrogen and oxygen atoms in total. The van der Waals surface area contributed by atoms with Crippen molar-refractivity contribution in [2.75, 3.05) is 27.2 Å². The number of ether oxygens (including phenoxy) is 2. The lowest BCUT2D eigenvalue weighted by atomic mass is 10.1. The first kappa shape index (κ1) is 25.2. The molecule has 8 heteroatoms. The summed E-state index contributed by atoms with van der Waals surface area (Å²) < 4.78 is 30.1. The van der Waals surface area contributed by atoms with E-state index in [0.717, 1.165) is 23.3 Å². The first-order chi connectivity index (χ1) is 15.1. The number of benzene rings is 2.